The summed E-state index contributed by atoms with van der Waals surface area (Å²) in [5.74, 6) is -0.334. The second kappa shape index (κ2) is 43.5. The molecule has 1 heterocycles. The summed E-state index contributed by atoms with van der Waals surface area (Å²) >= 11 is 0. The SMILES string of the molecule is C/C=C/c1ccccc1.CC.CC.CC.CC.CC1[CH-]O1.CC=Cc1ccccc1.COC(=O)/C=C/c1ccccc1.[W]. The normalized spacial score (nSPS) is 11.4. The van der Waals surface area contributed by atoms with E-state index in [0.717, 1.165) is 5.56 Å². The van der Waals surface area contributed by atoms with Gasteiger partial charge in [0.05, 0.1) is 7.11 Å². The number of esters is 1. The molecule has 3 aromatic carbocycles. The molecule has 0 aromatic heterocycles. The minimum absolute atomic E-state index is 0. The van der Waals surface area contributed by atoms with Crippen LogP contribution in [0.5, 0.6) is 0 Å². The van der Waals surface area contributed by atoms with Gasteiger partial charge < -0.3 is 9.47 Å². The first kappa shape index (κ1) is 49.7. The molecular formula is C39H59O3W-. The van der Waals surface area contributed by atoms with Gasteiger partial charge in [-0.15, -0.1) is 0 Å². The maximum Gasteiger partial charge on any atom is 0.330 e. The van der Waals surface area contributed by atoms with Gasteiger partial charge in [-0.3, -0.25) is 0 Å². The van der Waals surface area contributed by atoms with Crippen molar-refractivity contribution in [1.82, 2.24) is 0 Å². The molecule has 0 aliphatic carbocycles. The summed E-state index contributed by atoms with van der Waals surface area (Å²) in [4.78, 5) is 10.7. The summed E-state index contributed by atoms with van der Waals surface area (Å²) in [5.41, 5.74) is 3.52. The third-order valence-corrected chi connectivity index (χ3v) is 4.14. The number of carbonyl (C=O) groups is 1. The molecular weight excluding hydrogens is 700 g/mol. The van der Waals surface area contributed by atoms with Crippen molar-refractivity contribution in [2.45, 2.75) is 82.3 Å². The molecule has 1 aliphatic heterocycles. The smallest absolute Gasteiger partial charge is 0.330 e. The third kappa shape index (κ3) is 39.0. The first-order valence-electron chi connectivity index (χ1n) is 15.2. The van der Waals surface area contributed by atoms with Crippen molar-refractivity contribution in [1.29, 1.82) is 0 Å². The van der Waals surface area contributed by atoms with Crippen LogP contribution < -0.4 is 0 Å². The molecule has 3 aromatic rings. The standard InChI is InChI=1S/C10H10O2.2C9H10.C3H5O.4C2H6.W/c1-12-10(11)8-7-9-5-3-2-4-6-9;2*1-2-6-9-7-4-3-5-8-9;1-3-2-4-3;4*1-2;/h2-8H,1H3;2*2-8H,1H3;2-3H,1H3;4*1-2H3;/q;;;-1;;;;;/b8-7+;6-2+;;;;;;;. The Morgan fingerprint density at radius 1 is 0.628 bits per heavy atom. The Balaban J connectivity index is -0.000000141. The first-order valence-corrected chi connectivity index (χ1v) is 15.2. The number of allylic oxidation sites excluding steroid dienone is 2. The van der Waals surface area contributed by atoms with Crippen LogP contribution in [0, 0.1) is 6.61 Å². The number of benzene rings is 3. The molecule has 0 radical (unpaired) electrons. The van der Waals surface area contributed by atoms with Gasteiger partial charge in [-0.05, 0) is 36.6 Å². The number of ether oxygens (including phenoxy) is 2. The van der Waals surface area contributed by atoms with Crippen LogP contribution in [0.4, 0.5) is 0 Å². The molecule has 4 rings (SSSR count). The van der Waals surface area contributed by atoms with Crippen molar-refractivity contribution in [3.05, 3.63) is 133 Å². The summed E-state index contributed by atoms with van der Waals surface area (Å²) in [6, 6.07) is 30.1. The van der Waals surface area contributed by atoms with E-state index in [0.29, 0.717) is 6.10 Å². The van der Waals surface area contributed by atoms with Crippen molar-refractivity contribution in [3.63, 3.8) is 0 Å². The van der Waals surface area contributed by atoms with Crippen LogP contribution in [0.3, 0.4) is 0 Å². The Labute approximate surface area is 280 Å². The number of hydrogen-bond acceptors (Lipinski definition) is 3. The largest absolute Gasteiger partial charge is 0.570 e. The number of methoxy groups -OCH3 is 1. The zero-order chi connectivity index (χ0) is 32.9. The van der Waals surface area contributed by atoms with E-state index in [-0.39, 0.29) is 27.0 Å². The van der Waals surface area contributed by atoms with Crippen molar-refractivity contribution < 1.29 is 35.3 Å². The molecule has 1 unspecified atom stereocenters. The monoisotopic (exact) mass is 759 g/mol. The first-order chi connectivity index (χ1) is 20.6. The molecule has 0 spiro atoms. The molecule has 1 fully saturated rings. The fraction of sp³-hybridized carbons (Fsp3) is 0.333. The van der Waals surface area contributed by atoms with Crippen LogP contribution in [0.15, 0.2) is 109 Å². The van der Waals surface area contributed by atoms with Gasteiger partial charge in [0.25, 0.3) is 0 Å². The Morgan fingerprint density at radius 2 is 0.884 bits per heavy atom. The Bertz CT molecular complexity index is 931. The Kier molecular flexibility index (Phi) is 50.2. The Hall–Kier alpha value is -3.00. The Morgan fingerprint density at radius 3 is 1.09 bits per heavy atom. The molecule has 0 N–H and O–H groups in total. The molecule has 4 heteroatoms. The zero-order valence-corrected chi connectivity index (χ0v) is 31.8. The second-order valence-corrected chi connectivity index (χ2v) is 7.07. The molecule has 0 saturated carbocycles. The molecule has 1 aliphatic rings. The fourth-order valence-electron chi connectivity index (χ4n) is 2.39. The fourth-order valence-corrected chi connectivity index (χ4v) is 2.39. The average Bonchev–Trinajstić information content (AvgIpc) is 3.88. The van der Waals surface area contributed by atoms with Crippen LogP contribution in [0.2, 0.25) is 0 Å². The topological polar surface area (TPSA) is 38.8 Å². The number of epoxide rings is 1. The molecule has 240 valence electrons. The van der Waals surface area contributed by atoms with E-state index in [1.54, 1.807) is 12.7 Å². The van der Waals surface area contributed by atoms with Crippen molar-refractivity contribution in [2.24, 2.45) is 0 Å². The van der Waals surface area contributed by atoms with Gasteiger partial charge in [-0.25, -0.2) is 4.79 Å². The number of rotatable bonds is 4. The van der Waals surface area contributed by atoms with E-state index in [9.17, 15) is 4.79 Å². The van der Waals surface area contributed by atoms with Crippen LogP contribution >= 0.6 is 0 Å². The second-order valence-electron chi connectivity index (χ2n) is 7.07. The van der Waals surface area contributed by atoms with E-state index < -0.39 is 0 Å². The van der Waals surface area contributed by atoms with Crippen molar-refractivity contribution in [3.8, 4) is 0 Å². The molecule has 1 saturated heterocycles. The number of hydrogen-bond donors (Lipinski definition) is 0. The van der Waals surface area contributed by atoms with Gasteiger partial charge >= 0.3 is 5.97 Å². The van der Waals surface area contributed by atoms with Crippen LogP contribution in [0.25, 0.3) is 18.2 Å². The van der Waals surface area contributed by atoms with Gasteiger partial charge in [0.1, 0.15) is 0 Å². The minimum Gasteiger partial charge on any atom is -0.570 e. The van der Waals surface area contributed by atoms with Crippen molar-refractivity contribution >= 4 is 24.2 Å². The predicted molar refractivity (Wildman–Crippen MR) is 190 cm³/mol. The maximum atomic E-state index is 10.7. The van der Waals surface area contributed by atoms with Crippen LogP contribution in [0.1, 0.15) is 92.9 Å². The van der Waals surface area contributed by atoms with Gasteiger partial charge in [-0.2, -0.15) is 6.61 Å². The quantitative estimate of drug-likeness (QED) is 0.115. The van der Waals surface area contributed by atoms with Crippen LogP contribution in [-0.2, 0) is 35.3 Å². The number of carbonyl (C=O) groups excluding carboxylic acids is 1. The van der Waals surface area contributed by atoms with E-state index >= 15 is 0 Å². The van der Waals surface area contributed by atoms with Gasteiger partial charge in [0.15, 0.2) is 0 Å². The summed E-state index contributed by atoms with van der Waals surface area (Å²) in [5, 5.41) is 0. The van der Waals surface area contributed by atoms with E-state index in [4.69, 9.17) is 0 Å². The summed E-state index contributed by atoms with van der Waals surface area (Å²) in [6.07, 6.45) is 11.8. The summed E-state index contributed by atoms with van der Waals surface area (Å²) < 4.78 is 9.03. The van der Waals surface area contributed by atoms with E-state index in [2.05, 4.69) is 45.9 Å². The molecule has 3 nitrogen and oxygen atoms in total. The molecule has 1 atom stereocenters. The van der Waals surface area contributed by atoms with E-state index in [1.165, 1.54) is 24.3 Å². The molecule has 43 heavy (non-hydrogen) atoms. The van der Waals surface area contributed by atoms with Gasteiger partial charge in [0.2, 0.25) is 0 Å². The summed E-state index contributed by atoms with van der Waals surface area (Å²) in [7, 11) is 1.36. The van der Waals surface area contributed by atoms with Gasteiger partial charge in [-0.1, -0.05) is 184 Å². The predicted octanol–water partition coefficient (Wildman–Crippen LogP) is 12.0. The zero-order valence-electron chi connectivity index (χ0n) is 28.9. The maximum absolute atomic E-state index is 10.7. The van der Waals surface area contributed by atoms with Crippen LogP contribution in [-0.4, -0.2) is 19.2 Å². The minimum atomic E-state index is -0.334. The van der Waals surface area contributed by atoms with Crippen molar-refractivity contribution in [2.75, 3.05) is 7.11 Å². The molecule has 0 amide bonds. The molecule has 0 bridgehead atoms. The van der Waals surface area contributed by atoms with E-state index in [1.807, 2.05) is 155 Å². The third-order valence-electron chi connectivity index (χ3n) is 4.14. The average molecular weight is 760 g/mol. The summed E-state index contributed by atoms with van der Waals surface area (Å²) in [6.45, 7) is 23.8. The van der Waals surface area contributed by atoms with Gasteiger partial charge in [0, 0.05) is 27.1 Å².